The van der Waals surface area contributed by atoms with Crippen molar-refractivity contribution in [3.05, 3.63) is 45.4 Å². The minimum absolute atomic E-state index is 0.0632. The number of fused-ring (bicyclic) bond motifs is 1. The van der Waals surface area contributed by atoms with Crippen LogP contribution in [-0.4, -0.2) is 90.2 Å². The average Bonchev–Trinajstić information content (AvgIpc) is 3.66. The molecule has 0 aliphatic heterocycles. The largest absolute Gasteiger partial charge is 0.508 e. The van der Waals surface area contributed by atoms with E-state index in [9.17, 15) is 24.3 Å². The van der Waals surface area contributed by atoms with E-state index < -0.39 is 30.1 Å². The van der Waals surface area contributed by atoms with E-state index in [1.807, 2.05) is 39.5 Å². The van der Waals surface area contributed by atoms with Crippen LogP contribution >= 0.6 is 11.3 Å². The summed E-state index contributed by atoms with van der Waals surface area (Å²) in [6.45, 7) is 17.4. The lowest BCUT2D eigenvalue weighted by molar-refractivity contribution is -0.143. The Labute approximate surface area is 326 Å². The number of aromatic hydroxyl groups is 1. The van der Waals surface area contributed by atoms with E-state index in [4.69, 9.17) is 14.5 Å². The molecule has 2 aromatic rings. The predicted octanol–water partition coefficient (Wildman–Crippen LogP) is 6.14. The Morgan fingerprint density at radius 1 is 1.02 bits per heavy atom. The SMILES string of the molecule is CCCO[C@H](C[C@H](C(C)C)N(CCC)C(=O)[C@@H](NC(=O)[C@H](NC)[C@@H](C)CC)[C@@H](C)CC)c1nc(C(=O)N[C@H]2Cc3ccc(O)cc3[C@H](C(=O)OC)C2)cs1. The first-order valence-corrected chi connectivity index (χ1v) is 20.7. The van der Waals surface area contributed by atoms with Crippen LogP contribution in [0.4, 0.5) is 0 Å². The van der Waals surface area contributed by atoms with Crippen molar-refractivity contribution in [2.75, 3.05) is 27.3 Å². The van der Waals surface area contributed by atoms with Crippen molar-refractivity contribution in [3.8, 4) is 5.75 Å². The highest BCUT2D eigenvalue weighted by Gasteiger charge is 2.38. The van der Waals surface area contributed by atoms with Gasteiger partial charge in [-0.3, -0.25) is 19.2 Å². The number of carbonyl (C=O) groups is 4. The maximum atomic E-state index is 14.6. The third-order valence-electron chi connectivity index (χ3n) is 10.8. The molecule has 13 heteroatoms. The van der Waals surface area contributed by atoms with Gasteiger partial charge in [-0.1, -0.05) is 74.3 Å². The number of methoxy groups -OCH3 is 1. The third-order valence-corrected chi connectivity index (χ3v) is 11.8. The molecule has 54 heavy (non-hydrogen) atoms. The van der Waals surface area contributed by atoms with Crippen LogP contribution in [0.3, 0.4) is 0 Å². The van der Waals surface area contributed by atoms with Crippen LogP contribution in [0.2, 0.25) is 0 Å². The summed E-state index contributed by atoms with van der Waals surface area (Å²) in [7, 11) is 3.11. The fourth-order valence-corrected chi connectivity index (χ4v) is 8.16. The number of phenols is 1. The lowest BCUT2D eigenvalue weighted by atomic mass is 9.80. The standard InChI is InChI=1S/C41H65N5O7S/c1-11-17-46(40(50)36(26(8)14-4)45-38(49)35(42-9)25(7)13-3)33(24(5)6)22-34(53-18-12-2)39-44-32(23-54-39)37(48)43-28-19-27-15-16-29(47)21-30(27)31(20-28)41(51)52-10/h15-16,21,23-26,28,31,33-36,42,47H,11-14,17-20,22H2,1-10H3,(H,43,48)(H,45,49)/t25-,26-,28-,31+,33+,34+,35+,36-/m0/s1. The highest BCUT2D eigenvalue weighted by atomic mass is 32.1. The zero-order valence-corrected chi connectivity index (χ0v) is 34.9. The molecule has 1 aliphatic carbocycles. The van der Waals surface area contributed by atoms with Gasteiger partial charge >= 0.3 is 5.97 Å². The molecule has 0 saturated heterocycles. The van der Waals surface area contributed by atoms with Gasteiger partial charge in [0.15, 0.2) is 0 Å². The van der Waals surface area contributed by atoms with Crippen molar-refractivity contribution in [1.29, 1.82) is 0 Å². The molecule has 1 aromatic heterocycles. The Kier molecular flexibility index (Phi) is 17.9. The first-order valence-electron chi connectivity index (χ1n) is 19.8. The van der Waals surface area contributed by atoms with Crippen molar-refractivity contribution >= 4 is 35.0 Å². The predicted molar refractivity (Wildman–Crippen MR) is 212 cm³/mol. The first-order chi connectivity index (χ1) is 25.7. The Balaban J connectivity index is 1.87. The monoisotopic (exact) mass is 771 g/mol. The van der Waals surface area contributed by atoms with E-state index in [0.29, 0.717) is 43.0 Å². The van der Waals surface area contributed by atoms with Gasteiger partial charge in [-0.2, -0.15) is 0 Å². The van der Waals surface area contributed by atoms with Crippen molar-refractivity contribution in [3.63, 3.8) is 0 Å². The maximum Gasteiger partial charge on any atom is 0.313 e. The fraction of sp³-hybridized carbons (Fsp3) is 0.683. The van der Waals surface area contributed by atoms with E-state index >= 15 is 0 Å². The molecule has 0 spiro atoms. The normalized spacial score (nSPS) is 18.8. The molecule has 0 radical (unpaired) electrons. The number of rotatable bonds is 21. The number of benzene rings is 1. The Hall–Kier alpha value is -3.55. The molecule has 4 N–H and O–H groups in total. The Bertz CT molecular complexity index is 1530. The van der Waals surface area contributed by atoms with Gasteiger partial charge in [-0.05, 0) is 73.7 Å². The summed E-state index contributed by atoms with van der Waals surface area (Å²) in [5.74, 6) is -1.50. The summed E-state index contributed by atoms with van der Waals surface area (Å²) in [5.41, 5.74) is 1.83. The molecule has 3 amide bonds. The third kappa shape index (κ3) is 11.5. The van der Waals surface area contributed by atoms with E-state index in [1.165, 1.54) is 18.4 Å². The minimum Gasteiger partial charge on any atom is -0.508 e. The number of amides is 3. The van der Waals surface area contributed by atoms with Gasteiger partial charge in [0.25, 0.3) is 5.91 Å². The molecular weight excluding hydrogens is 707 g/mol. The molecule has 8 atom stereocenters. The van der Waals surface area contributed by atoms with Gasteiger partial charge in [0.05, 0.1) is 19.1 Å². The van der Waals surface area contributed by atoms with Crippen molar-refractivity contribution in [2.24, 2.45) is 17.8 Å². The second-order valence-corrected chi connectivity index (χ2v) is 16.0. The van der Waals surface area contributed by atoms with E-state index in [1.54, 1.807) is 30.6 Å². The average molecular weight is 772 g/mol. The minimum atomic E-state index is -0.684. The van der Waals surface area contributed by atoms with Gasteiger partial charge < -0.3 is 35.4 Å². The summed E-state index contributed by atoms with van der Waals surface area (Å²) in [4.78, 5) is 61.2. The van der Waals surface area contributed by atoms with E-state index in [0.717, 1.165) is 31.2 Å². The lowest BCUT2D eigenvalue weighted by Crippen LogP contribution is -2.59. The number of hydrogen-bond acceptors (Lipinski definition) is 10. The summed E-state index contributed by atoms with van der Waals surface area (Å²) >= 11 is 1.35. The zero-order valence-electron chi connectivity index (χ0n) is 34.1. The highest BCUT2D eigenvalue weighted by Crippen LogP contribution is 2.36. The molecule has 1 aromatic carbocycles. The Morgan fingerprint density at radius 3 is 2.30 bits per heavy atom. The Morgan fingerprint density at radius 2 is 1.70 bits per heavy atom. The van der Waals surface area contributed by atoms with Gasteiger partial charge in [-0.15, -0.1) is 11.3 Å². The number of nitrogens with zero attached hydrogens (tertiary/aromatic N) is 2. The van der Waals surface area contributed by atoms with Gasteiger partial charge in [0.1, 0.15) is 28.6 Å². The molecule has 302 valence electrons. The molecule has 12 nitrogen and oxygen atoms in total. The van der Waals surface area contributed by atoms with Crippen LogP contribution < -0.4 is 16.0 Å². The van der Waals surface area contributed by atoms with Crippen molar-refractivity contribution in [1.82, 2.24) is 25.8 Å². The van der Waals surface area contributed by atoms with E-state index in [2.05, 4.69) is 36.7 Å². The number of likely N-dealkylation sites (N-methyl/N-ethyl adjacent to an activating group) is 1. The summed E-state index contributed by atoms with van der Waals surface area (Å²) in [6.07, 6.45) is 3.91. The molecule has 1 heterocycles. The van der Waals surface area contributed by atoms with Crippen LogP contribution in [0.15, 0.2) is 23.6 Å². The van der Waals surface area contributed by atoms with Crippen LogP contribution in [0.1, 0.15) is 133 Å². The maximum absolute atomic E-state index is 14.6. The molecule has 0 unspecified atom stereocenters. The number of phenolic OH excluding ortho intramolecular Hbond substituents is 1. The number of thiazole rings is 1. The van der Waals surface area contributed by atoms with Crippen molar-refractivity contribution < 1.29 is 33.8 Å². The summed E-state index contributed by atoms with van der Waals surface area (Å²) in [6, 6.07) is 3.28. The smallest absolute Gasteiger partial charge is 0.313 e. The number of ether oxygens (including phenoxy) is 2. The first kappa shape index (κ1) is 44.8. The second kappa shape index (κ2) is 21.5. The molecule has 3 rings (SSSR count). The highest BCUT2D eigenvalue weighted by molar-refractivity contribution is 7.09. The van der Waals surface area contributed by atoms with Gasteiger partial charge in [0.2, 0.25) is 11.8 Å². The van der Waals surface area contributed by atoms with Gasteiger partial charge in [-0.25, -0.2) is 4.98 Å². The molecule has 0 fully saturated rings. The number of esters is 1. The van der Waals surface area contributed by atoms with Crippen LogP contribution in [0.5, 0.6) is 5.75 Å². The van der Waals surface area contributed by atoms with Gasteiger partial charge in [0, 0.05) is 37.0 Å². The molecular formula is C41H65N5O7S. The van der Waals surface area contributed by atoms with E-state index in [-0.39, 0.29) is 59.0 Å². The quantitative estimate of drug-likeness (QED) is 0.110. The lowest BCUT2D eigenvalue weighted by Gasteiger charge is -2.39. The summed E-state index contributed by atoms with van der Waals surface area (Å²) in [5, 5.41) is 21.8. The topological polar surface area (TPSA) is 159 Å². The molecule has 1 aliphatic rings. The van der Waals surface area contributed by atoms with Crippen LogP contribution in [0, 0.1) is 17.8 Å². The number of nitrogens with one attached hydrogen (secondary N) is 3. The molecule has 0 bridgehead atoms. The number of hydrogen-bond donors (Lipinski definition) is 4. The zero-order chi connectivity index (χ0) is 40.1. The van der Waals surface area contributed by atoms with Crippen LogP contribution in [0.25, 0.3) is 0 Å². The van der Waals surface area contributed by atoms with Crippen molar-refractivity contribution in [2.45, 2.75) is 137 Å². The number of aromatic nitrogens is 1. The number of carbonyl (C=O) groups excluding carboxylic acids is 4. The van der Waals surface area contributed by atoms with Crippen LogP contribution in [-0.2, 0) is 30.3 Å². The molecule has 0 saturated carbocycles. The summed E-state index contributed by atoms with van der Waals surface area (Å²) < 4.78 is 11.5. The fourth-order valence-electron chi connectivity index (χ4n) is 7.30. The second-order valence-electron chi connectivity index (χ2n) is 15.1.